The van der Waals surface area contributed by atoms with Crippen LogP contribution in [0.4, 0.5) is 0 Å². The molecule has 0 saturated carbocycles. The van der Waals surface area contributed by atoms with Gasteiger partial charge in [-0.3, -0.25) is 5.10 Å². The minimum Gasteiger partial charge on any atom is -0.508 e. The SMILES string of the molecule is CCc1cc(O)ccc1-c1ccc2c(-c3ncc(C=CC4COCCN4)[nH]3)n[nH]c2c1. The van der Waals surface area contributed by atoms with Gasteiger partial charge in [0.1, 0.15) is 11.4 Å². The lowest BCUT2D eigenvalue weighted by Crippen LogP contribution is -2.39. The monoisotopic (exact) mass is 415 g/mol. The molecule has 1 fully saturated rings. The molecule has 1 unspecified atom stereocenters. The third-order valence-electron chi connectivity index (χ3n) is 5.62. The fraction of sp³-hybridized carbons (Fsp3) is 0.250. The molecule has 2 aromatic carbocycles. The van der Waals surface area contributed by atoms with E-state index in [2.05, 4.69) is 56.7 Å². The van der Waals surface area contributed by atoms with Gasteiger partial charge in [0.15, 0.2) is 5.82 Å². The second kappa shape index (κ2) is 8.37. The Morgan fingerprint density at radius 1 is 1.23 bits per heavy atom. The molecule has 0 bridgehead atoms. The second-order valence-electron chi connectivity index (χ2n) is 7.71. The minimum absolute atomic E-state index is 0.220. The number of morpholine rings is 1. The maximum Gasteiger partial charge on any atom is 0.158 e. The maximum absolute atomic E-state index is 9.79. The van der Waals surface area contributed by atoms with E-state index < -0.39 is 0 Å². The van der Waals surface area contributed by atoms with Crippen molar-refractivity contribution in [3.8, 4) is 28.4 Å². The van der Waals surface area contributed by atoms with Gasteiger partial charge in [0, 0.05) is 18.0 Å². The number of ether oxygens (including phenoxy) is 1. The zero-order chi connectivity index (χ0) is 21.2. The van der Waals surface area contributed by atoms with Crippen LogP contribution in [0.1, 0.15) is 18.2 Å². The third kappa shape index (κ3) is 3.97. The van der Waals surface area contributed by atoms with Crippen LogP contribution in [0.2, 0.25) is 0 Å². The number of aromatic amines is 2. The van der Waals surface area contributed by atoms with Crippen LogP contribution in [-0.2, 0) is 11.2 Å². The predicted molar refractivity (Wildman–Crippen MR) is 122 cm³/mol. The Morgan fingerprint density at radius 2 is 2.16 bits per heavy atom. The van der Waals surface area contributed by atoms with E-state index in [9.17, 15) is 5.11 Å². The molecule has 0 amide bonds. The van der Waals surface area contributed by atoms with Crippen molar-refractivity contribution in [2.45, 2.75) is 19.4 Å². The highest BCUT2D eigenvalue weighted by atomic mass is 16.5. The fourth-order valence-corrected chi connectivity index (χ4v) is 3.99. The Labute approximate surface area is 180 Å². The van der Waals surface area contributed by atoms with Crippen molar-refractivity contribution in [2.24, 2.45) is 0 Å². The lowest BCUT2D eigenvalue weighted by Gasteiger charge is -2.20. The van der Waals surface area contributed by atoms with Crippen LogP contribution in [0.15, 0.2) is 48.7 Å². The molecule has 4 aromatic rings. The predicted octanol–water partition coefficient (Wildman–Crippen LogP) is 3.89. The number of nitrogens with one attached hydrogen (secondary N) is 3. The summed E-state index contributed by atoms with van der Waals surface area (Å²) in [5.74, 6) is 1.02. The fourth-order valence-electron chi connectivity index (χ4n) is 3.99. The molecule has 0 aliphatic carbocycles. The highest BCUT2D eigenvalue weighted by Crippen LogP contribution is 2.32. The van der Waals surface area contributed by atoms with E-state index >= 15 is 0 Å². The molecule has 158 valence electrons. The zero-order valence-corrected chi connectivity index (χ0v) is 17.4. The van der Waals surface area contributed by atoms with Gasteiger partial charge in [-0.05, 0) is 53.5 Å². The highest BCUT2D eigenvalue weighted by Gasteiger charge is 2.14. The van der Waals surface area contributed by atoms with Crippen molar-refractivity contribution in [1.82, 2.24) is 25.5 Å². The number of phenolic OH excluding ortho intramolecular Hbond substituents is 1. The number of phenols is 1. The summed E-state index contributed by atoms with van der Waals surface area (Å²) in [5, 5.41) is 21.8. The van der Waals surface area contributed by atoms with Crippen LogP contribution < -0.4 is 5.32 Å². The van der Waals surface area contributed by atoms with Gasteiger partial charge >= 0.3 is 0 Å². The Hall–Kier alpha value is -3.42. The van der Waals surface area contributed by atoms with Gasteiger partial charge < -0.3 is 20.1 Å². The lowest BCUT2D eigenvalue weighted by atomic mass is 9.97. The number of nitrogens with zero attached hydrogens (tertiary/aromatic N) is 2. The number of aromatic nitrogens is 4. The van der Waals surface area contributed by atoms with E-state index in [1.54, 1.807) is 6.07 Å². The molecule has 4 N–H and O–H groups in total. The normalized spacial score (nSPS) is 17.0. The first-order valence-electron chi connectivity index (χ1n) is 10.6. The van der Waals surface area contributed by atoms with E-state index in [4.69, 9.17) is 4.74 Å². The number of imidazole rings is 1. The van der Waals surface area contributed by atoms with Gasteiger partial charge in [0.05, 0.1) is 30.6 Å². The summed E-state index contributed by atoms with van der Waals surface area (Å²) >= 11 is 0. The molecule has 0 radical (unpaired) electrons. The van der Waals surface area contributed by atoms with Crippen LogP contribution in [0.3, 0.4) is 0 Å². The zero-order valence-electron chi connectivity index (χ0n) is 17.4. The van der Waals surface area contributed by atoms with Crippen molar-refractivity contribution in [3.63, 3.8) is 0 Å². The molecule has 0 spiro atoms. The number of hydrogen-bond acceptors (Lipinski definition) is 5. The van der Waals surface area contributed by atoms with Crippen molar-refractivity contribution >= 4 is 17.0 Å². The first kappa shape index (κ1) is 19.5. The molecule has 1 aliphatic heterocycles. The van der Waals surface area contributed by atoms with Gasteiger partial charge in [0.25, 0.3) is 0 Å². The standard InChI is InChI=1S/C24H25N5O2/c1-2-15-11-19(30)6-8-20(15)16-3-7-21-22(12-16)28-29-23(21)24-26-13-17(27-24)4-5-18-14-31-10-9-25-18/h3-8,11-13,18,25,30H,2,9-10,14H2,1H3,(H,26,27)(H,28,29). The topological polar surface area (TPSA) is 98.9 Å². The third-order valence-corrected chi connectivity index (χ3v) is 5.62. The Balaban J connectivity index is 1.42. The van der Waals surface area contributed by atoms with Crippen LogP contribution in [0.25, 0.3) is 39.6 Å². The van der Waals surface area contributed by atoms with Crippen LogP contribution in [0.5, 0.6) is 5.75 Å². The number of hydrogen-bond donors (Lipinski definition) is 4. The number of rotatable bonds is 5. The van der Waals surface area contributed by atoms with Crippen molar-refractivity contribution in [2.75, 3.05) is 19.8 Å². The smallest absolute Gasteiger partial charge is 0.158 e. The van der Waals surface area contributed by atoms with E-state index in [0.29, 0.717) is 12.4 Å². The Kier molecular flexibility index (Phi) is 5.28. The van der Waals surface area contributed by atoms with Gasteiger partial charge in [-0.25, -0.2) is 4.98 Å². The second-order valence-corrected chi connectivity index (χ2v) is 7.71. The molecule has 3 heterocycles. The van der Waals surface area contributed by atoms with Gasteiger partial charge in [0.2, 0.25) is 0 Å². The summed E-state index contributed by atoms with van der Waals surface area (Å²) in [6, 6.07) is 12.0. The van der Waals surface area contributed by atoms with E-state index in [-0.39, 0.29) is 6.04 Å². The van der Waals surface area contributed by atoms with Crippen LogP contribution in [0, 0.1) is 0 Å². The quantitative estimate of drug-likeness (QED) is 0.396. The average Bonchev–Trinajstić information content (AvgIpc) is 3.44. The van der Waals surface area contributed by atoms with Crippen molar-refractivity contribution in [3.05, 3.63) is 59.9 Å². The number of benzene rings is 2. The summed E-state index contributed by atoms with van der Waals surface area (Å²) in [5.41, 5.74) is 5.97. The first-order valence-corrected chi connectivity index (χ1v) is 10.6. The van der Waals surface area contributed by atoms with Gasteiger partial charge in [-0.1, -0.05) is 25.1 Å². The van der Waals surface area contributed by atoms with Gasteiger partial charge in [-0.2, -0.15) is 5.10 Å². The largest absolute Gasteiger partial charge is 0.508 e. The molecular formula is C24H25N5O2. The number of fused-ring (bicyclic) bond motifs is 1. The summed E-state index contributed by atoms with van der Waals surface area (Å²) in [4.78, 5) is 7.86. The molecule has 1 atom stereocenters. The molecule has 1 saturated heterocycles. The summed E-state index contributed by atoms with van der Waals surface area (Å²) in [7, 11) is 0. The lowest BCUT2D eigenvalue weighted by molar-refractivity contribution is 0.0903. The number of aryl methyl sites for hydroxylation is 1. The summed E-state index contributed by atoms with van der Waals surface area (Å²) in [6.07, 6.45) is 6.77. The number of H-pyrrole nitrogens is 2. The molecule has 5 rings (SSSR count). The van der Waals surface area contributed by atoms with Gasteiger partial charge in [-0.15, -0.1) is 0 Å². The minimum atomic E-state index is 0.220. The Morgan fingerprint density at radius 3 is 3.00 bits per heavy atom. The molecular weight excluding hydrogens is 390 g/mol. The molecule has 7 heteroatoms. The Bertz CT molecular complexity index is 1230. The van der Waals surface area contributed by atoms with E-state index in [1.807, 2.05) is 24.4 Å². The highest BCUT2D eigenvalue weighted by molar-refractivity contribution is 5.94. The molecule has 1 aliphatic rings. The maximum atomic E-state index is 9.79. The summed E-state index contributed by atoms with van der Waals surface area (Å²) in [6.45, 7) is 4.41. The van der Waals surface area contributed by atoms with Crippen LogP contribution in [-0.4, -0.2) is 51.1 Å². The molecule has 31 heavy (non-hydrogen) atoms. The summed E-state index contributed by atoms with van der Waals surface area (Å²) < 4.78 is 5.48. The molecule has 2 aromatic heterocycles. The van der Waals surface area contributed by atoms with Crippen molar-refractivity contribution < 1.29 is 9.84 Å². The molecule has 7 nitrogen and oxygen atoms in total. The average molecular weight is 415 g/mol. The van der Waals surface area contributed by atoms with Crippen LogP contribution >= 0.6 is 0 Å². The number of aromatic hydroxyl groups is 1. The van der Waals surface area contributed by atoms with E-state index in [0.717, 1.165) is 64.4 Å². The first-order chi connectivity index (χ1) is 15.2. The van der Waals surface area contributed by atoms with E-state index in [1.165, 1.54) is 0 Å². The van der Waals surface area contributed by atoms with Crippen molar-refractivity contribution in [1.29, 1.82) is 0 Å².